The average Bonchev–Trinajstić information content (AvgIpc) is 2.09. The maximum Gasteiger partial charge on any atom is 0.328 e. The summed E-state index contributed by atoms with van der Waals surface area (Å²) in [4.78, 5) is 10.2. The zero-order valence-corrected chi connectivity index (χ0v) is 8.45. The van der Waals surface area contributed by atoms with Crippen molar-refractivity contribution in [2.45, 2.75) is 0 Å². The summed E-state index contributed by atoms with van der Waals surface area (Å²) in [5.41, 5.74) is 0.350. The highest BCUT2D eigenvalue weighted by Crippen LogP contribution is 2.26. The molecule has 0 aliphatic carbocycles. The van der Waals surface area contributed by atoms with Crippen molar-refractivity contribution in [2.24, 2.45) is 0 Å². The van der Waals surface area contributed by atoms with Gasteiger partial charge in [-0.25, -0.2) is 9.18 Å². The molecular formula is C9H6BrFO3. The first kappa shape index (κ1) is 10.7. The molecule has 0 unspecified atom stereocenters. The van der Waals surface area contributed by atoms with Crippen LogP contribution >= 0.6 is 15.9 Å². The first-order chi connectivity index (χ1) is 6.50. The van der Waals surface area contributed by atoms with Crippen molar-refractivity contribution in [3.05, 3.63) is 34.1 Å². The number of carboxylic acids is 1. The Bertz CT molecular complexity index is 401. The fourth-order valence-corrected chi connectivity index (χ4v) is 1.30. The second-order valence-corrected chi connectivity index (χ2v) is 3.35. The standard InChI is InChI=1S/C9H6BrFO3/c10-6-4-8(12)7(11)3-5(6)1-2-9(13)14/h1-4,12H,(H,13,14)/b2-1+. The lowest BCUT2D eigenvalue weighted by molar-refractivity contribution is -0.131. The molecule has 0 bridgehead atoms. The van der Waals surface area contributed by atoms with Gasteiger partial charge in [-0.3, -0.25) is 0 Å². The minimum absolute atomic E-state index is 0.350. The number of halogens is 2. The maximum atomic E-state index is 12.8. The van der Waals surface area contributed by atoms with E-state index in [0.29, 0.717) is 10.0 Å². The molecule has 5 heteroatoms. The number of aromatic hydroxyl groups is 1. The van der Waals surface area contributed by atoms with Gasteiger partial charge >= 0.3 is 5.97 Å². The van der Waals surface area contributed by atoms with Crippen molar-refractivity contribution in [1.82, 2.24) is 0 Å². The molecule has 2 N–H and O–H groups in total. The molecule has 0 fully saturated rings. The summed E-state index contributed by atoms with van der Waals surface area (Å²) in [6, 6.07) is 2.20. The quantitative estimate of drug-likeness (QED) is 0.803. The first-order valence-electron chi connectivity index (χ1n) is 3.59. The number of hydrogen-bond acceptors (Lipinski definition) is 2. The molecule has 0 aromatic heterocycles. The third-order valence-electron chi connectivity index (χ3n) is 1.47. The average molecular weight is 261 g/mol. The van der Waals surface area contributed by atoms with Gasteiger partial charge in [0.1, 0.15) is 0 Å². The number of aliphatic carboxylic acids is 1. The summed E-state index contributed by atoms with van der Waals surface area (Å²) in [5.74, 6) is -2.40. The van der Waals surface area contributed by atoms with Gasteiger partial charge in [-0.2, -0.15) is 0 Å². The van der Waals surface area contributed by atoms with E-state index in [-0.39, 0.29) is 0 Å². The topological polar surface area (TPSA) is 57.5 Å². The molecule has 0 saturated carbocycles. The van der Waals surface area contributed by atoms with Gasteiger partial charge in [0.05, 0.1) is 0 Å². The van der Waals surface area contributed by atoms with E-state index in [4.69, 9.17) is 10.2 Å². The fourth-order valence-electron chi connectivity index (χ4n) is 0.841. The minimum atomic E-state index is -1.12. The van der Waals surface area contributed by atoms with E-state index in [1.54, 1.807) is 0 Å². The summed E-state index contributed by atoms with van der Waals surface area (Å²) in [6.45, 7) is 0. The van der Waals surface area contributed by atoms with Gasteiger partial charge < -0.3 is 10.2 Å². The van der Waals surface area contributed by atoms with Crippen molar-refractivity contribution in [3.63, 3.8) is 0 Å². The molecule has 74 valence electrons. The Balaban J connectivity index is 3.10. The van der Waals surface area contributed by atoms with Gasteiger partial charge in [0.2, 0.25) is 0 Å². The van der Waals surface area contributed by atoms with Gasteiger partial charge in [0, 0.05) is 10.5 Å². The molecular weight excluding hydrogens is 255 g/mol. The van der Waals surface area contributed by atoms with Gasteiger partial charge in [-0.15, -0.1) is 0 Å². The zero-order chi connectivity index (χ0) is 10.7. The third-order valence-corrected chi connectivity index (χ3v) is 2.16. The van der Waals surface area contributed by atoms with Crippen LogP contribution in [-0.4, -0.2) is 16.2 Å². The largest absolute Gasteiger partial charge is 0.505 e. The molecule has 0 aliphatic heterocycles. The molecule has 0 amide bonds. The molecule has 1 aromatic carbocycles. The minimum Gasteiger partial charge on any atom is -0.505 e. The van der Waals surface area contributed by atoms with Gasteiger partial charge in [0.15, 0.2) is 11.6 Å². The summed E-state index contributed by atoms with van der Waals surface area (Å²) in [7, 11) is 0. The van der Waals surface area contributed by atoms with Crippen LogP contribution < -0.4 is 0 Å². The number of hydrogen-bond donors (Lipinski definition) is 2. The summed E-state index contributed by atoms with van der Waals surface area (Å²) < 4.78 is 13.3. The van der Waals surface area contributed by atoms with E-state index >= 15 is 0 Å². The lowest BCUT2D eigenvalue weighted by Gasteiger charge is -2.00. The zero-order valence-electron chi connectivity index (χ0n) is 6.87. The van der Waals surface area contributed by atoms with Crippen molar-refractivity contribution >= 4 is 28.0 Å². The molecule has 1 aromatic rings. The van der Waals surface area contributed by atoms with E-state index in [9.17, 15) is 9.18 Å². The van der Waals surface area contributed by atoms with E-state index in [0.717, 1.165) is 18.2 Å². The van der Waals surface area contributed by atoms with Crippen LogP contribution in [0.5, 0.6) is 5.75 Å². The number of carboxylic acid groups (broad SMARTS) is 1. The Kier molecular flexibility index (Phi) is 3.24. The SMILES string of the molecule is O=C(O)/C=C/c1cc(F)c(O)cc1Br. The summed E-state index contributed by atoms with van der Waals surface area (Å²) in [6.07, 6.45) is 2.12. The lowest BCUT2D eigenvalue weighted by Crippen LogP contribution is -1.87. The lowest BCUT2D eigenvalue weighted by atomic mass is 10.2. The number of rotatable bonds is 2. The number of benzene rings is 1. The van der Waals surface area contributed by atoms with Crippen LogP contribution in [0.4, 0.5) is 4.39 Å². The Labute approximate surface area is 87.6 Å². The first-order valence-corrected chi connectivity index (χ1v) is 4.39. The van der Waals surface area contributed by atoms with Gasteiger partial charge in [-0.1, -0.05) is 15.9 Å². The summed E-state index contributed by atoms with van der Waals surface area (Å²) >= 11 is 3.06. The van der Waals surface area contributed by atoms with E-state index < -0.39 is 17.5 Å². The number of phenolic OH excluding ortho intramolecular Hbond substituents is 1. The molecule has 0 heterocycles. The molecule has 0 aliphatic rings. The van der Waals surface area contributed by atoms with Crippen LogP contribution in [0.15, 0.2) is 22.7 Å². The molecule has 3 nitrogen and oxygen atoms in total. The predicted octanol–water partition coefficient (Wildman–Crippen LogP) is 2.39. The molecule has 1 rings (SSSR count). The number of phenols is 1. The van der Waals surface area contributed by atoms with Crippen molar-refractivity contribution in [3.8, 4) is 5.75 Å². The Morgan fingerprint density at radius 1 is 1.50 bits per heavy atom. The molecule has 0 radical (unpaired) electrons. The second-order valence-electron chi connectivity index (χ2n) is 2.50. The molecule has 0 atom stereocenters. The van der Waals surface area contributed by atoms with Crippen molar-refractivity contribution in [1.29, 1.82) is 0 Å². The van der Waals surface area contributed by atoms with Crippen molar-refractivity contribution < 1.29 is 19.4 Å². The second kappa shape index (κ2) is 4.23. The fraction of sp³-hybridized carbons (Fsp3) is 0. The Hall–Kier alpha value is -1.36. The maximum absolute atomic E-state index is 12.8. The van der Waals surface area contributed by atoms with Crippen LogP contribution in [0.3, 0.4) is 0 Å². The highest BCUT2D eigenvalue weighted by atomic mass is 79.9. The Morgan fingerprint density at radius 2 is 2.14 bits per heavy atom. The van der Waals surface area contributed by atoms with Crippen LogP contribution in [0.25, 0.3) is 6.08 Å². The highest BCUT2D eigenvalue weighted by molar-refractivity contribution is 9.10. The van der Waals surface area contributed by atoms with E-state index in [1.807, 2.05) is 0 Å². The van der Waals surface area contributed by atoms with Gasteiger partial charge in [-0.05, 0) is 23.8 Å². The van der Waals surface area contributed by atoms with Crippen molar-refractivity contribution in [2.75, 3.05) is 0 Å². The van der Waals surface area contributed by atoms with Crippen LogP contribution in [0.1, 0.15) is 5.56 Å². The molecule has 0 saturated heterocycles. The number of carbonyl (C=O) groups is 1. The normalized spacial score (nSPS) is 10.7. The van der Waals surface area contributed by atoms with Crippen LogP contribution in [-0.2, 0) is 4.79 Å². The van der Waals surface area contributed by atoms with E-state index in [1.165, 1.54) is 6.08 Å². The molecule has 14 heavy (non-hydrogen) atoms. The third kappa shape index (κ3) is 2.56. The highest BCUT2D eigenvalue weighted by Gasteiger charge is 2.05. The van der Waals surface area contributed by atoms with Gasteiger partial charge in [0.25, 0.3) is 0 Å². The van der Waals surface area contributed by atoms with Crippen LogP contribution in [0.2, 0.25) is 0 Å². The summed E-state index contributed by atoms with van der Waals surface area (Å²) in [5, 5.41) is 17.3. The monoisotopic (exact) mass is 260 g/mol. The van der Waals surface area contributed by atoms with E-state index in [2.05, 4.69) is 15.9 Å². The Morgan fingerprint density at radius 3 is 2.71 bits per heavy atom. The molecule has 0 spiro atoms. The van der Waals surface area contributed by atoms with Crippen LogP contribution in [0, 0.1) is 5.82 Å². The smallest absolute Gasteiger partial charge is 0.328 e. The predicted molar refractivity (Wildman–Crippen MR) is 52.4 cm³/mol.